The maximum Gasteiger partial charge on any atom is 0.324 e. The first-order chi connectivity index (χ1) is 11.5. The van der Waals surface area contributed by atoms with Gasteiger partial charge < -0.3 is 4.74 Å². The summed E-state index contributed by atoms with van der Waals surface area (Å²) in [5, 5.41) is 0. The molecule has 0 bridgehead atoms. The van der Waals surface area contributed by atoms with Crippen LogP contribution in [0.25, 0.3) is 0 Å². The molecule has 1 aromatic rings. The van der Waals surface area contributed by atoms with E-state index in [0.29, 0.717) is 12.5 Å². The Labute approximate surface area is 153 Å². The van der Waals surface area contributed by atoms with Gasteiger partial charge in [0.1, 0.15) is 6.04 Å². The molecular formula is C18H31NO4SSi. The molecule has 1 rings (SSSR count). The minimum atomic E-state index is -3.52. The van der Waals surface area contributed by atoms with Crippen molar-refractivity contribution < 1.29 is 17.9 Å². The van der Waals surface area contributed by atoms with E-state index >= 15 is 0 Å². The van der Waals surface area contributed by atoms with Gasteiger partial charge in [0.05, 0.1) is 12.4 Å². The van der Waals surface area contributed by atoms with Gasteiger partial charge in [0.2, 0.25) is 10.0 Å². The molecule has 25 heavy (non-hydrogen) atoms. The fraction of sp³-hybridized carbons (Fsp3) is 0.611. The van der Waals surface area contributed by atoms with Gasteiger partial charge in [0.15, 0.2) is 0 Å². The average Bonchev–Trinajstić information content (AvgIpc) is 2.53. The van der Waals surface area contributed by atoms with Gasteiger partial charge >= 0.3 is 5.97 Å². The van der Waals surface area contributed by atoms with Gasteiger partial charge in [-0.05, 0) is 30.9 Å². The molecule has 0 aromatic heterocycles. The zero-order valence-electron chi connectivity index (χ0n) is 15.9. The molecule has 0 aliphatic rings. The molecule has 0 radical (unpaired) electrons. The molecule has 7 heteroatoms. The highest BCUT2D eigenvalue weighted by Crippen LogP contribution is 2.21. The number of rotatable bonds is 10. The Morgan fingerprint density at radius 2 is 1.80 bits per heavy atom. The minimum absolute atomic E-state index is 0.0373. The number of hydrogen-bond donors (Lipinski definition) is 1. The van der Waals surface area contributed by atoms with Crippen LogP contribution in [0.15, 0.2) is 30.3 Å². The maximum atomic E-state index is 12.4. The van der Waals surface area contributed by atoms with Gasteiger partial charge in [-0.3, -0.25) is 4.79 Å². The van der Waals surface area contributed by atoms with Crippen LogP contribution in [0.3, 0.4) is 0 Å². The summed E-state index contributed by atoms with van der Waals surface area (Å²) in [6.45, 7) is 10.3. The van der Waals surface area contributed by atoms with Crippen molar-refractivity contribution in [1.82, 2.24) is 4.72 Å². The fourth-order valence-corrected chi connectivity index (χ4v) is 6.69. The van der Waals surface area contributed by atoms with Crippen LogP contribution >= 0.6 is 0 Å². The lowest BCUT2D eigenvalue weighted by atomic mass is 9.94. The van der Waals surface area contributed by atoms with Crippen molar-refractivity contribution in [3.05, 3.63) is 35.9 Å². The van der Waals surface area contributed by atoms with Crippen molar-refractivity contribution in [2.45, 2.75) is 57.9 Å². The van der Waals surface area contributed by atoms with Crippen molar-refractivity contribution in [3.8, 4) is 0 Å². The molecule has 0 aliphatic carbocycles. The molecule has 142 valence electrons. The molecular weight excluding hydrogens is 354 g/mol. The van der Waals surface area contributed by atoms with Crippen LogP contribution in [0.4, 0.5) is 0 Å². The van der Waals surface area contributed by atoms with Crippen LogP contribution in [0.5, 0.6) is 0 Å². The normalized spacial score (nSPS) is 14.8. The molecule has 5 nitrogen and oxygen atoms in total. The lowest BCUT2D eigenvalue weighted by Gasteiger charge is -2.22. The highest BCUT2D eigenvalue weighted by Gasteiger charge is 2.28. The smallest absolute Gasteiger partial charge is 0.324 e. The van der Waals surface area contributed by atoms with E-state index in [9.17, 15) is 13.2 Å². The Hall–Kier alpha value is -1.18. The van der Waals surface area contributed by atoms with Crippen LogP contribution < -0.4 is 4.72 Å². The van der Waals surface area contributed by atoms with Gasteiger partial charge in [-0.25, -0.2) is 13.1 Å². The van der Waals surface area contributed by atoms with E-state index in [4.69, 9.17) is 4.74 Å². The molecule has 0 saturated heterocycles. The molecule has 1 unspecified atom stereocenters. The number of ether oxygens (including phenoxy) is 1. The van der Waals surface area contributed by atoms with E-state index in [2.05, 4.69) is 24.4 Å². The van der Waals surface area contributed by atoms with E-state index in [-0.39, 0.29) is 18.3 Å². The van der Waals surface area contributed by atoms with Crippen molar-refractivity contribution in [3.63, 3.8) is 0 Å². The van der Waals surface area contributed by atoms with E-state index < -0.39 is 30.1 Å². The van der Waals surface area contributed by atoms with Crippen LogP contribution in [-0.4, -0.2) is 40.9 Å². The van der Waals surface area contributed by atoms with Crippen LogP contribution in [0.2, 0.25) is 25.7 Å². The van der Waals surface area contributed by atoms with Gasteiger partial charge in [-0.1, -0.05) is 56.9 Å². The molecule has 0 heterocycles. The first-order valence-electron chi connectivity index (χ1n) is 8.75. The zero-order chi connectivity index (χ0) is 19.1. The number of esters is 1. The van der Waals surface area contributed by atoms with Crippen molar-refractivity contribution >= 4 is 24.1 Å². The highest BCUT2D eigenvalue weighted by atomic mass is 32.2. The molecule has 0 aliphatic heterocycles. The fourth-order valence-electron chi connectivity index (χ4n) is 2.42. The van der Waals surface area contributed by atoms with Crippen LogP contribution in [0.1, 0.15) is 31.7 Å². The Balaban J connectivity index is 2.84. The summed E-state index contributed by atoms with van der Waals surface area (Å²) in [5.41, 5.74) is 1.07. The van der Waals surface area contributed by atoms with Crippen LogP contribution in [-0.2, 0) is 19.6 Å². The van der Waals surface area contributed by atoms with E-state index in [1.54, 1.807) is 6.92 Å². The number of carbonyl (C=O) groups is 1. The first-order valence-corrected chi connectivity index (χ1v) is 14.1. The zero-order valence-corrected chi connectivity index (χ0v) is 17.7. The largest absolute Gasteiger partial charge is 0.465 e. The molecule has 0 amide bonds. The molecule has 1 aromatic carbocycles. The summed E-state index contributed by atoms with van der Waals surface area (Å²) >= 11 is 0. The first kappa shape index (κ1) is 21.9. The summed E-state index contributed by atoms with van der Waals surface area (Å²) in [6, 6.07) is 9.55. The summed E-state index contributed by atoms with van der Waals surface area (Å²) in [4.78, 5) is 12.2. The lowest BCUT2D eigenvalue weighted by Crippen LogP contribution is -2.44. The van der Waals surface area contributed by atoms with E-state index in [1.807, 2.05) is 37.3 Å². The second kappa shape index (κ2) is 9.50. The quantitative estimate of drug-likeness (QED) is 0.495. The standard InChI is InChI=1S/C18H31NO4SSi/c1-6-23-18(20)17(14-15(2)16-10-8-7-9-11-16)19-24(21,22)12-13-25(3,4)5/h7-11,15,17,19H,6,12-14H2,1-5H3/t15?,17-/m0/s1. The van der Waals surface area contributed by atoms with Gasteiger partial charge in [-0.2, -0.15) is 0 Å². The Morgan fingerprint density at radius 1 is 1.20 bits per heavy atom. The minimum Gasteiger partial charge on any atom is -0.465 e. The Bertz CT molecular complexity index is 641. The van der Waals surface area contributed by atoms with Gasteiger partial charge in [-0.15, -0.1) is 0 Å². The van der Waals surface area contributed by atoms with Gasteiger partial charge in [0, 0.05) is 8.07 Å². The SMILES string of the molecule is CCOC(=O)[C@H](CC(C)c1ccccc1)NS(=O)(=O)CC[Si](C)(C)C. The summed E-state index contributed by atoms with van der Waals surface area (Å²) in [7, 11) is -5.00. The predicted octanol–water partition coefficient (Wildman–Crippen LogP) is 3.37. The number of sulfonamides is 1. The summed E-state index contributed by atoms with van der Waals surface area (Å²) in [6.07, 6.45) is 0.370. The van der Waals surface area contributed by atoms with Gasteiger partial charge in [0.25, 0.3) is 0 Å². The Kier molecular flexibility index (Phi) is 8.30. The van der Waals surface area contributed by atoms with Crippen molar-refractivity contribution in [2.75, 3.05) is 12.4 Å². The topological polar surface area (TPSA) is 72.5 Å². The molecule has 0 fully saturated rings. The molecule has 2 atom stereocenters. The Morgan fingerprint density at radius 3 is 2.32 bits per heavy atom. The molecule has 1 N–H and O–H groups in total. The summed E-state index contributed by atoms with van der Waals surface area (Å²) in [5.74, 6) is -0.421. The third-order valence-electron chi connectivity index (χ3n) is 3.97. The second-order valence-corrected chi connectivity index (χ2v) is 15.1. The maximum absolute atomic E-state index is 12.4. The average molecular weight is 386 g/mol. The third kappa shape index (κ3) is 8.65. The molecule has 0 spiro atoms. The summed E-state index contributed by atoms with van der Waals surface area (Å²) < 4.78 is 32.5. The third-order valence-corrected chi connectivity index (χ3v) is 7.47. The van der Waals surface area contributed by atoms with E-state index in [0.717, 1.165) is 5.56 Å². The molecule has 0 saturated carbocycles. The number of nitrogens with one attached hydrogen (secondary N) is 1. The van der Waals surface area contributed by atoms with Crippen molar-refractivity contribution in [2.24, 2.45) is 0 Å². The predicted molar refractivity (Wildman–Crippen MR) is 105 cm³/mol. The number of benzene rings is 1. The highest BCUT2D eigenvalue weighted by molar-refractivity contribution is 7.89. The van der Waals surface area contributed by atoms with Crippen molar-refractivity contribution in [1.29, 1.82) is 0 Å². The second-order valence-electron chi connectivity index (χ2n) is 7.60. The van der Waals surface area contributed by atoms with E-state index in [1.165, 1.54) is 0 Å². The lowest BCUT2D eigenvalue weighted by molar-refractivity contribution is -0.145. The van der Waals surface area contributed by atoms with Crippen LogP contribution in [0, 0.1) is 0 Å². The monoisotopic (exact) mass is 385 g/mol. The number of carbonyl (C=O) groups excluding carboxylic acids is 1. The number of hydrogen-bond acceptors (Lipinski definition) is 4.